The second-order valence-electron chi connectivity index (χ2n) is 6.16. The van der Waals surface area contributed by atoms with Crippen LogP contribution in [0.5, 0.6) is 0 Å². The third kappa shape index (κ3) is 3.31. The van der Waals surface area contributed by atoms with Crippen molar-refractivity contribution in [2.24, 2.45) is 0 Å². The predicted molar refractivity (Wildman–Crippen MR) is 96.5 cm³/mol. The number of carbonyl (C=O) groups excluding carboxylic acids is 1. The van der Waals surface area contributed by atoms with Crippen molar-refractivity contribution in [2.45, 2.75) is 12.8 Å². The first kappa shape index (κ1) is 16.3. The summed E-state index contributed by atoms with van der Waals surface area (Å²) in [7, 11) is 0. The smallest absolute Gasteiger partial charge is 0.321 e. The van der Waals surface area contributed by atoms with Crippen LogP contribution in [-0.4, -0.2) is 24.1 Å². The summed E-state index contributed by atoms with van der Waals surface area (Å²) in [4.78, 5) is 18.5. The molecule has 2 aromatic carbocycles. The molecule has 0 aliphatic carbocycles. The lowest BCUT2D eigenvalue weighted by atomic mass is 10.2. The lowest BCUT2D eigenvalue weighted by molar-refractivity contribution is 0.247. The normalized spacial score (nSPS) is 12.9. The van der Waals surface area contributed by atoms with Gasteiger partial charge in [0.25, 0.3) is 0 Å². The molecule has 5 nitrogen and oxygen atoms in total. The molecule has 0 atom stereocenters. The Morgan fingerprint density at radius 3 is 2.85 bits per heavy atom. The van der Waals surface area contributed by atoms with Crippen molar-refractivity contribution in [1.82, 2.24) is 10.3 Å². The molecule has 4 rings (SSSR count). The van der Waals surface area contributed by atoms with E-state index in [0.29, 0.717) is 25.4 Å². The summed E-state index contributed by atoms with van der Waals surface area (Å²) in [6.45, 7) is 1.16. The average molecular weight is 351 g/mol. The van der Waals surface area contributed by atoms with Gasteiger partial charge in [0.2, 0.25) is 5.89 Å². The number of para-hydroxylation sites is 1. The first-order chi connectivity index (χ1) is 12.7. The number of hydrogen-bond acceptors (Lipinski definition) is 3. The summed E-state index contributed by atoms with van der Waals surface area (Å²) in [6, 6.07) is 13.8. The Kier molecular flexibility index (Phi) is 4.39. The fourth-order valence-corrected chi connectivity index (χ4v) is 3.09. The number of anilines is 1. The number of nitrogens with zero attached hydrogens (tertiary/aromatic N) is 2. The zero-order valence-corrected chi connectivity index (χ0v) is 14.1. The van der Waals surface area contributed by atoms with Crippen LogP contribution in [0, 0.1) is 5.82 Å². The molecule has 0 saturated carbocycles. The quantitative estimate of drug-likeness (QED) is 0.778. The summed E-state index contributed by atoms with van der Waals surface area (Å²) < 4.78 is 18.4. The molecule has 0 radical (unpaired) electrons. The maximum absolute atomic E-state index is 13.0. The molecule has 0 unspecified atom stereocenters. The van der Waals surface area contributed by atoms with Crippen LogP contribution in [0.2, 0.25) is 0 Å². The highest BCUT2D eigenvalue weighted by Gasteiger charge is 2.23. The van der Waals surface area contributed by atoms with Crippen LogP contribution in [0.25, 0.3) is 11.5 Å². The number of urea groups is 1. The molecule has 1 N–H and O–H groups in total. The van der Waals surface area contributed by atoms with Gasteiger partial charge >= 0.3 is 6.03 Å². The second kappa shape index (κ2) is 7.00. The highest BCUT2D eigenvalue weighted by Crippen LogP contribution is 2.27. The summed E-state index contributed by atoms with van der Waals surface area (Å²) >= 11 is 0. The third-order valence-electron chi connectivity index (χ3n) is 4.43. The Bertz CT molecular complexity index is 921. The molecule has 6 heteroatoms. The molecule has 0 fully saturated rings. The Hall–Kier alpha value is -3.15. The molecule has 0 spiro atoms. The van der Waals surface area contributed by atoms with E-state index in [1.165, 1.54) is 17.7 Å². The fourth-order valence-electron chi connectivity index (χ4n) is 3.09. The van der Waals surface area contributed by atoms with Crippen molar-refractivity contribution in [3.05, 3.63) is 71.9 Å². The minimum atomic E-state index is -0.299. The molecule has 132 valence electrons. The number of oxazole rings is 1. The number of nitrogens with one attached hydrogen (secondary N) is 1. The maximum Gasteiger partial charge on any atom is 0.321 e. The standard InChI is InChI=1S/C20H18FN3O2/c21-16-7-5-15(6-8-16)19-23-17(13-26-19)9-11-22-20(25)24-12-10-14-3-1-2-4-18(14)24/h1-8,13H,9-12H2,(H,22,25). The van der Waals surface area contributed by atoms with Crippen LogP contribution < -0.4 is 10.2 Å². The summed E-state index contributed by atoms with van der Waals surface area (Å²) in [6.07, 6.45) is 3.01. The molecule has 2 heterocycles. The van der Waals surface area contributed by atoms with Crippen LogP contribution in [0.4, 0.5) is 14.9 Å². The molecule has 0 bridgehead atoms. The van der Waals surface area contributed by atoms with Gasteiger partial charge in [-0.2, -0.15) is 0 Å². The number of amides is 2. The van der Waals surface area contributed by atoms with Crippen LogP contribution in [0.1, 0.15) is 11.3 Å². The van der Waals surface area contributed by atoms with Crippen molar-refractivity contribution in [3.63, 3.8) is 0 Å². The number of benzene rings is 2. The SMILES string of the molecule is O=C(NCCc1coc(-c2ccc(F)cc2)n1)N1CCc2ccccc21. The lowest BCUT2D eigenvalue weighted by Gasteiger charge is -2.17. The maximum atomic E-state index is 13.0. The van der Waals surface area contributed by atoms with E-state index in [9.17, 15) is 9.18 Å². The first-order valence-corrected chi connectivity index (χ1v) is 8.54. The Balaban J connectivity index is 1.33. The first-order valence-electron chi connectivity index (χ1n) is 8.54. The van der Waals surface area contributed by atoms with E-state index in [1.807, 2.05) is 18.2 Å². The van der Waals surface area contributed by atoms with Gasteiger partial charge in [0.1, 0.15) is 12.1 Å². The molecule has 1 aliphatic rings. The van der Waals surface area contributed by atoms with Gasteiger partial charge < -0.3 is 9.73 Å². The molecule has 1 aliphatic heterocycles. The van der Waals surface area contributed by atoms with Crippen molar-refractivity contribution in [1.29, 1.82) is 0 Å². The van der Waals surface area contributed by atoms with Crippen LogP contribution in [0.15, 0.2) is 59.2 Å². The topological polar surface area (TPSA) is 58.4 Å². The molecule has 1 aromatic heterocycles. The molecular formula is C20H18FN3O2. The van der Waals surface area contributed by atoms with Gasteiger partial charge in [-0.25, -0.2) is 14.2 Å². The average Bonchev–Trinajstić information content (AvgIpc) is 3.29. The Labute approximate surface area is 150 Å². The molecule has 26 heavy (non-hydrogen) atoms. The number of fused-ring (bicyclic) bond motifs is 1. The number of rotatable bonds is 4. The summed E-state index contributed by atoms with van der Waals surface area (Å²) in [5.41, 5.74) is 3.63. The highest BCUT2D eigenvalue weighted by molar-refractivity contribution is 5.94. The van der Waals surface area contributed by atoms with E-state index in [4.69, 9.17) is 4.42 Å². The largest absolute Gasteiger partial charge is 0.444 e. The van der Waals surface area contributed by atoms with Gasteiger partial charge in [0.05, 0.1) is 5.69 Å². The zero-order valence-electron chi connectivity index (χ0n) is 14.1. The number of hydrogen-bond donors (Lipinski definition) is 1. The lowest BCUT2D eigenvalue weighted by Crippen LogP contribution is -2.39. The summed E-state index contributed by atoms with van der Waals surface area (Å²) in [5.74, 6) is 0.145. The van der Waals surface area contributed by atoms with Crippen molar-refractivity contribution >= 4 is 11.7 Å². The van der Waals surface area contributed by atoms with Gasteiger partial charge in [-0.15, -0.1) is 0 Å². The highest BCUT2D eigenvalue weighted by atomic mass is 19.1. The Morgan fingerprint density at radius 2 is 2.00 bits per heavy atom. The number of aromatic nitrogens is 1. The Morgan fingerprint density at radius 1 is 1.19 bits per heavy atom. The predicted octanol–water partition coefficient (Wildman–Crippen LogP) is 3.80. The minimum absolute atomic E-state index is 0.0998. The van der Waals surface area contributed by atoms with E-state index < -0.39 is 0 Å². The van der Waals surface area contributed by atoms with Crippen LogP contribution in [0.3, 0.4) is 0 Å². The van der Waals surface area contributed by atoms with E-state index >= 15 is 0 Å². The minimum Gasteiger partial charge on any atom is -0.444 e. The van der Waals surface area contributed by atoms with E-state index in [0.717, 1.165) is 23.4 Å². The number of halogens is 1. The van der Waals surface area contributed by atoms with Gasteiger partial charge in [-0.3, -0.25) is 4.90 Å². The van der Waals surface area contributed by atoms with E-state index in [1.54, 1.807) is 23.3 Å². The third-order valence-corrected chi connectivity index (χ3v) is 4.43. The molecule has 0 saturated heterocycles. The van der Waals surface area contributed by atoms with Crippen LogP contribution >= 0.6 is 0 Å². The number of carbonyl (C=O) groups is 1. The van der Waals surface area contributed by atoms with Gasteiger partial charge in [0.15, 0.2) is 0 Å². The molecular weight excluding hydrogens is 333 g/mol. The van der Waals surface area contributed by atoms with Crippen molar-refractivity contribution in [2.75, 3.05) is 18.0 Å². The zero-order chi connectivity index (χ0) is 17.9. The van der Waals surface area contributed by atoms with E-state index in [2.05, 4.69) is 16.4 Å². The summed E-state index contributed by atoms with van der Waals surface area (Å²) in [5, 5.41) is 2.93. The van der Waals surface area contributed by atoms with Gasteiger partial charge in [-0.05, 0) is 42.3 Å². The monoisotopic (exact) mass is 351 g/mol. The van der Waals surface area contributed by atoms with Crippen molar-refractivity contribution < 1.29 is 13.6 Å². The fraction of sp³-hybridized carbons (Fsp3) is 0.200. The molecule has 2 amide bonds. The van der Waals surface area contributed by atoms with Crippen LogP contribution in [-0.2, 0) is 12.8 Å². The van der Waals surface area contributed by atoms with E-state index in [-0.39, 0.29) is 11.8 Å². The second-order valence-corrected chi connectivity index (χ2v) is 6.16. The van der Waals surface area contributed by atoms with Gasteiger partial charge in [-0.1, -0.05) is 18.2 Å². The van der Waals surface area contributed by atoms with Crippen molar-refractivity contribution in [3.8, 4) is 11.5 Å². The van der Waals surface area contributed by atoms with Gasteiger partial charge in [0, 0.05) is 30.8 Å². The molecule has 3 aromatic rings.